The second-order valence-corrected chi connectivity index (χ2v) is 5.31. The Morgan fingerprint density at radius 1 is 1.15 bits per heavy atom. The van der Waals surface area contributed by atoms with Crippen molar-refractivity contribution < 1.29 is 15.0 Å². The van der Waals surface area contributed by atoms with Crippen LogP contribution in [0.25, 0.3) is 0 Å². The van der Waals surface area contributed by atoms with Crippen molar-refractivity contribution in [3.8, 4) is 0 Å². The molecule has 112 valence electrons. The van der Waals surface area contributed by atoms with Crippen LogP contribution in [0.1, 0.15) is 12.8 Å². The molecule has 0 aliphatic rings. The van der Waals surface area contributed by atoms with Crippen molar-refractivity contribution in [2.75, 3.05) is 38.2 Å². The molecule has 0 spiro atoms. The summed E-state index contributed by atoms with van der Waals surface area (Å²) in [6, 6.07) is 7.43. The molecular formula is C14H21BrN2O3. The van der Waals surface area contributed by atoms with E-state index >= 15 is 0 Å². The van der Waals surface area contributed by atoms with Gasteiger partial charge in [0.1, 0.15) is 0 Å². The molecule has 0 saturated heterocycles. The van der Waals surface area contributed by atoms with Crippen molar-refractivity contribution in [2.45, 2.75) is 12.8 Å². The van der Waals surface area contributed by atoms with Crippen LogP contribution >= 0.6 is 15.9 Å². The lowest BCUT2D eigenvalue weighted by Crippen LogP contribution is -2.35. The molecule has 1 rings (SSSR count). The number of amides is 1. The summed E-state index contributed by atoms with van der Waals surface area (Å²) in [5, 5.41) is 20.6. The minimum Gasteiger partial charge on any atom is -0.396 e. The topological polar surface area (TPSA) is 72.8 Å². The maximum absolute atomic E-state index is 12.0. The Balaban J connectivity index is 2.50. The molecule has 0 fully saturated rings. The van der Waals surface area contributed by atoms with Gasteiger partial charge in [0.15, 0.2) is 0 Å². The molecule has 20 heavy (non-hydrogen) atoms. The lowest BCUT2D eigenvalue weighted by molar-refractivity contribution is -0.117. The standard InChI is InChI=1S/C14H21BrN2O3/c15-12-5-1-2-6-13(12)16-14(20)11-17(7-3-9-18)8-4-10-19/h1-2,5-6,18-19H,3-4,7-11H2,(H,16,20). The van der Waals surface area contributed by atoms with E-state index in [1.54, 1.807) is 0 Å². The Morgan fingerprint density at radius 2 is 1.75 bits per heavy atom. The van der Waals surface area contributed by atoms with Gasteiger partial charge < -0.3 is 15.5 Å². The van der Waals surface area contributed by atoms with Crippen molar-refractivity contribution >= 4 is 27.5 Å². The molecule has 3 N–H and O–H groups in total. The summed E-state index contributed by atoms with van der Waals surface area (Å²) in [6.45, 7) is 1.73. The van der Waals surface area contributed by atoms with Crippen LogP contribution in [0.3, 0.4) is 0 Å². The van der Waals surface area contributed by atoms with Crippen LogP contribution in [0.4, 0.5) is 5.69 Å². The van der Waals surface area contributed by atoms with Crippen LogP contribution in [-0.2, 0) is 4.79 Å². The van der Waals surface area contributed by atoms with Crippen molar-refractivity contribution in [1.29, 1.82) is 0 Å². The van der Waals surface area contributed by atoms with Gasteiger partial charge in [-0.25, -0.2) is 0 Å². The molecule has 0 heterocycles. The first kappa shape index (κ1) is 17.1. The molecule has 0 radical (unpaired) electrons. The average Bonchev–Trinajstić information content (AvgIpc) is 2.44. The van der Waals surface area contributed by atoms with Gasteiger partial charge in [0.25, 0.3) is 0 Å². The highest BCUT2D eigenvalue weighted by atomic mass is 79.9. The third kappa shape index (κ3) is 6.47. The van der Waals surface area contributed by atoms with E-state index in [4.69, 9.17) is 10.2 Å². The van der Waals surface area contributed by atoms with Crippen LogP contribution in [-0.4, -0.2) is 53.9 Å². The van der Waals surface area contributed by atoms with Gasteiger partial charge in [0, 0.05) is 30.8 Å². The second-order valence-electron chi connectivity index (χ2n) is 4.46. The molecule has 0 atom stereocenters. The number of aliphatic hydroxyl groups excluding tert-OH is 2. The summed E-state index contributed by atoms with van der Waals surface area (Å²) in [6.07, 6.45) is 1.24. The zero-order valence-corrected chi connectivity index (χ0v) is 13.0. The average molecular weight is 345 g/mol. The van der Waals surface area contributed by atoms with Crippen LogP contribution < -0.4 is 5.32 Å². The van der Waals surface area contributed by atoms with E-state index in [9.17, 15) is 4.79 Å². The number of nitrogens with zero attached hydrogens (tertiary/aromatic N) is 1. The first-order valence-corrected chi connectivity index (χ1v) is 7.45. The van der Waals surface area contributed by atoms with Crippen molar-refractivity contribution in [3.05, 3.63) is 28.7 Å². The summed E-state index contributed by atoms with van der Waals surface area (Å²) in [5.74, 6) is -0.104. The summed E-state index contributed by atoms with van der Waals surface area (Å²) in [7, 11) is 0. The fourth-order valence-electron chi connectivity index (χ4n) is 1.81. The number of para-hydroxylation sites is 1. The highest BCUT2D eigenvalue weighted by Gasteiger charge is 2.11. The largest absolute Gasteiger partial charge is 0.396 e. The molecular weight excluding hydrogens is 324 g/mol. The molecule has 1 aromatic carbocycles. The van der Waals surface area contributed by atoms with Gasteiger partial charge in [-0.3, -0.25) is 9.69 Å². The molecule has 6 heteroatoms. The number of rotatable bonds is 9. The fourth-order valence-corrected chi connectivity index (χ4v) is 2.20. The maximum atomic E-state index is 12.0. The van der Waals surface area contributed by atoms with Gasteiger partial charge in [0.05, 0.1) is 12.2 Å². The Labute approximate surface area is 127 Å². The second kappa shape index (κ2) is 9.88. The summed E-state index contributed by atoms with van der Waals surface area (Å²) >= 11 is 3.38. The molecule has 0 saturated carbocycles. The van der Waals surface area contributed by atoms with Crippen LogP contribution in [0.2, 0.25) is 0 Å². The summed E-state index contributed by atoms with van der Waals surface area (Å²) in [4.78, 5) is 13.9. The number of hydrogen-bond donors (Lipinski definition) is 3. The van der Waals surface area contributed by atoms with Crippen molar-refractivity contribution in [1.82, 2.24) is 4.90 Å². The Bertz CT molecular complexity index is 407. The molecule has 0 unspecified atom stereocenters. The number of hydrogen-bond acceptors (Lipinski definition) is 4. The monoisotopic (exact) mass is 344 g/mol. The van der Waals surface area contributed by atoms with E-state index in [1.165, 1.54) is 0 Å². The third-order valence-electron chi connectivity index (χ3n) is 2.78. The van der Waals surface area contributed by atoms with Gasteiger partial charge in [0.2, 0.25) is 5.91 Å². The van der Waals surface area contributed by atoms with E-state index < -0.39 is 0 Å². The van der Waals surface area contributed by atoms with Gasteiger partial charge in [-0.05, 0) is 40.9 Å². The summed E-state index contributed by atoms with van der Waals surface area (Å²) in [5.41, 5.74) is 0.738. The zero-order chi connectivity index (χ0) is 14.8. The lowest BCUT2D eigenvalue weighted by Gasteiger charge is -2.21. The number of nitrogens with one attached hydrogen (secondary N) is 1. The smallest absolute Gasteiger partial charge is 0.238 e. The van der Waals surface area contributed by atoms with E-state index in [2.05, 4.69) is 21.2 Å². The first-order chi connectivity index (χ1) is 9.67. The van der Waals surface area contributed by atoms with Gasteiger partial charge in [-0.1, -0.05) is 12.1 Å². The van der Waals surface area contributed by atoms with Crippen molar-refractivity contribution in [3.63, 3.8) is 0 Å². The molecule has 5 nitrogen and oxygen atoms in total. The van der Waals surface area contributed by atoms with E-state index in [-0.39, 0.29) is 25.7 Å². The van der Waals surface area contributed by atoms with E-state index in [1.807, 2.05) is 29.2 Å². The normalized spacial score (nSPS) is 10.8. The minimum absolute atomic E-state index is 0.0987. The predicted molar refractivity (Wildman–Crippen MR) is 82.6 cm³/mol. The van der Waals surface area contributed by atoms with Gasteiger partial charge in [-0.15, -0.1) is 0 Å². The Morgan fingerprint density at radius 3 is 2.30 bits per heavy atom. The molecule has 0 aromatic heterocycles. The highest BCUT2D eigenvalue weighted by Crippen LogP contribution is 2.20. The number of aliphatic hydroxyl groups is 2. The molecule has 0 aliphatic carbocycles. The van der Waals surface area contributed by atoms with E-state index in [0.717, 1.165) is 10.2 Å². The molecule has 0 aliphatic heterocycles. The number of anilines is 1. The summed E-state index contributed by atoms with van der Waals surface area (Å²) < 4.78 is 0.839. The third-order valence-corrected chi connectivity index (χ3v) is 3.47. The molecule has 1 aromatic rings. The van der Waals surface area contributed by atoms with Crippen LogP contribution in [0.15, 0.2) is 28.7 Å². The van der Waals surface area contributed by atoms with E-state index in [0.29, 0.717) is 25.9 Å². The van der Waals surface area contributed by atoms with Crippen LogP contribution in [0, 0.1) is 0 Å². The fraction of sp³-hybridized carbons (Fsp3) is 0.500. The first-order valence-electron chi connectivity index (χ1n) is 6.66. The van der Waals surface area contributed by atoms with Crippen molar-refractivity contribution in [2.24, 2.45) is 0 Å². The van der Waals surface area contributed by atoms with Gasteiger partial charge in [-0.2, -0.15) is 0 Å². The number of benzene rings is 1. The Hall–Kier alpha value is -0.950. The molecule has 0 bridgehead atoms. The lowest BCUT2D eigenvalue weighted by atomic mass is 10.3. The minimum atomic E-state index is -0.104. The predicted octanol–water partition coefficient (Wildman–Crippen LogP) is 1.45. The highest BCUT2D eigenvalue weighted by molar-refractivity contribution is 9.10. The number of carbonyl (C=O) groups is 1. The van der Waals surface area contributed by atoms with Crippen LogP contribution in [0.5, 0.6) is 0 Å². The van der Waals surface area contributed by atoms with Gasteiger partial charge >= 0.3 is 0 Å². The SMILES string of the molecule is O=C(CN(CCCO)CCCO)Nc1ccccc1Br. The Kier molecular flexibility index (Phi) is 8.45. The zero-order valence-electron chi connectivity index (χ0n) is 11.4. The quantitative estimate of drug-likeness (QED) is 0.634. The molecule has 1 amide bonds. The number of carbonyl (C=O) groups excluding carboxylic acids is 1. The number of halogens is 1. The maximum Gasteiger partial charge on any atom is 0.238 e.